The molecule has 178 valence electrons. The highest BCUT2D eigenvalue weighted by atomic mass is 79.9. The van der Waals surface area contributed by atoms with Crippen molar-refractivity contribution in [2.75, 3.05) is 18.1 Å². The Bertz CT molecular complexity index is 1520. The summed E-state index contributed by atoms with van der Waals surface area (Å²) in [5.41, 5.74) is 2.54. The number of carbonyl (C=O) groups is 2. The Morgan fingerprint density at radius 1 is 1.14 bits per heavy atom. The lowest BCUT2D eigenvalue weighted by Crippen LogP contribution is -2.38. The standard InChI is InChI=1S/C26H22BrN3O4S/c1-3-21-23(15-5-8-17(27)9-6-15)24-25(35-21)28-14-29(26(24)33)12-19(31)16-7-10-20-18(11-16)30(4-2)22(32)13-34-20/h5-11,14H,3-4,12-13H2,1-2H3. The molecule has 0 fully saturated rings. The summed E-state index contributed by atoms with van der Waals surface area (Å²) in [5.74, 6) is 0.161. The first-order valence-electron chi connectivity index (χ1n) is 11.3. The number of likely N-dealkylation sites (N-methyl/N-ethyl adjacent to an activating group) is 1. The Morgan fingerprint density at radius 2 is 1.91 bits per heavy atom. The van der Waals surface area contributed by atoms with Crippen LogP contribution in [-0.2, 0) is 17.8 Å². The summed E-state index contributed by atoms with van der Waals surface area (Å²) < 4.78 is 7.81. The predicted octanol–water partition coefficient (Wildman–Crippen LogP) is 5.08. The largest absolute Gasteiger partial charge is 0.482 e. The van der Waals surface area contributed by atoms with Gasteiger partial charge in [-0.05, 0) is 49.2 Å². The molecule has 0 bridgehead atoms. The number of anilines is 1. The fourth-order valence-electron chi connectivity index (χ4n) is 4.32. The quantitative estimate of drug-likeness (QED) is 0.312. The molecule has 0 radical (unpaired) electrons. The van der Waals surface area contributed by atoms with Gasteiger partial charge >= 0.3 is 0 Å². The van der Waals surface area contributed by atoms with Gasteiger partial charge in [0.05, 0.1) is 23.9 Å². The number of benzene rings is 2. The average molecular weight is 552 g/mol. The third kappa shape index (κ3) is 4.19. The number of carbonyl (C=O) groups excluding carboxylic acids is 2. The zero-order chi connectivity index (χ0) is 24.7. The van der Waals surface area contributed by atoms with Crippen molar-refractivity contribution in [1.29, 1.82) is 0 Å². The number of nitrogens with zero attached hydrogens (tertiary/aromatic N) is 3. The van der Waals surface area contributed by atoms with Crippen molar-refractivity contribution < 1.29 is 14.3 Å². The molecule has 0 aliphatic carbocycles. The molecule has 0 spiro atoms. The summed E-state index contributed by atoms with van der Waals surface area (Å²) in [6, 6.07) is 12.9. The Labute approximate surface area is 214 Å². The zero-order valence-electron chi connectivity index (χ0n) is 19.2. The molecule has 1 aliphatic heterocycles. The molecule has 2 aromatic heterocycles. The maximum Gasteiger partial charge on any atom is 0.265 e. The molecule has 0 N–H and O–H groups in total. The maximum atomic E-state index is 13.6. The van der Waals surface area contributed by atoms with Gasteiger partial charge in [0.1, 0.15) is 10.6 Å². The number of ether oxygens (including phenoxy) is 1. The number of rotatable bonds is 6. The minimum Gasteiger partial charge on any atom is -0.482 e. The molecule has 7 nitrogen and oxygen atoms in total. The second-order valence-electron chi connectivity index (χ2n) is 8.15. The maximum absolute atomic E-state index is 13.6. The van der Waals surface area contributed by atoms with Gasteiger partial charge in [-0.1, -0.05) is 35.0 Å². The van der Waals surface area contributed by atoms with Crippen LogP contribution in [-0.4, -0.2) is 34.4 Å². The molecule has 1 amide bonds. The number of Topliss-reactive ketones (excluding diaryl/α,β-unsaturated/α-hetero) is 1. The number of fused-ring (bicyclic) bond motifs is 2. The van der Waals surface area contributed by atoms with Crippen molar-refractivity contribution in [3.63, 3.8) is 0 Å². The zero-order valence-corrected chi connectivity index (χ0v) is 21.6. The first-order chi connectivity index (χ1) is 16.9. The summed E-state index contributed by atoms with van der Waals surface area (Å²) in [5, 5.41) is 0.533. The van der Waals surface area contributed by atoms with E-state index in [-0.39, 0.29) is 30.4 Å². The summed E-state index contributed by atoms with van der Waals surface area (Å²) in [4.78, 5) is 46.8. The lowest BCUT2D eigenvalue weighted by molar-refractivity contribution is -0.121. The van der Waals surface area contributed by atoms with Gasteiger partial charge in [0.25, 0.3) is 11.5 Å². The van der Waals surface area contributed by atoms with E-state index in [1.54, 1.807) is 23.1 Å². The van der Waals surface area contributed by atoms with E-state index in [0.29, 0.717) is 33.8 Å². The number of hydrogen-bond donors (Lipinski definition) is 0. The van der Waals surface area contributed by atoms with Gasteiger partial charge in [0.15, 0.2) is 12.4 Å². The lowest BCUT2D eigenvalue weighted by Gasteiger charge is -2.28. The Balaban J connectivity index is 1.54. The molecule has 5 rings (SSSR count). The van der Waals surface area contributed by atoms with Gasteiger partial charge in [0.2, 0.25) is 0 Å². The summed E-state index contributed by atoms with van der Waals surface area (Å²) in [6.45, 7) is 4.23. The highest BCUT2D eigenvalue weighted by molar-refractivity contribution is 9.10. The molecule has 1 aliphatic rings. The number of hydrogen-bond acceptors (Lipinski definition) is 6. The van der Waals surface area contributed by atoms with Crippen LogP contribution in [0.5, 0.6) is 5.75 Å². The minimum absolute atomic E-state index is 0.0176. The Hall–Kier alpha value is -3.30. The molecule has 0 saturated heterocycles. The van der Waals surface area contributed by atoms with Gasteiger partial charge < -0.3 is 9.64 Å². The minimum atomic E-state index is -0.249. The molecule has 35 heavy (non-hydrogen) atoms. The van der Waals surface area contributed by atoms with Crippen molar-refractivity contribution in [1.82, 2.24) is 9.55 Å². The van der Waals surface area contributed by atoms with Crippen LogP contribution in [0.1, 0.15) is 29.1 Å². The molecule has 9 heteroatoms. The van der Waals surface area contributed by atoms with Crippen LogP contribution in [0.25, 0.3) is 21.3 Å². The summed E-state index contributed by atoms with van der Waals surface area (Å²) >= 11 is 4.97. The summed E-state index contributed by atoms with van der Waals surface area (Å²) in [7, 11) is 0. The van der Waals surface area contributed by atoms with Gasteiger partial charge in [-0.25, -0.2) is 4.98 Å². The van der Waals surface area contributed by atoms with Crippen LogP contribution in [0.4, 0.5) is 5.69 Å². The fraction of sp³-hybridized carbons (Fsp3) is 0.231. The van der Waals surface area contributed by atoms with Crippen molar-refractivity contribution in [3.8, 4) is 16.9 Å². The highest BCUT2D eigenvalue weighted by Crippen LogP contribution is 2.37. The highest BCUT2D eigenvalue weighted by Gasteiger charge is 2.26. The second kappa shape index (κ2) is 9.39. The van der Waals surface area contributed by atoms with Gasteiger partial charge in [-0.3, -0.25) is 19.0 Å². The van der Waals surface area contributed by atoms with Gasteiger partial charge in [-0.2, -0.15) is 0 Å². The third-order valence-corrected chi connectivity index (χ3v) is 7.83. The average Bonchev–Trinajstić information content (AvgIpc) is 3.25. The van der Waals surface area contributed by atoms with E-state index < -0.39 is 0 Å². The van der Waals surface area contributed by atoms with Crippen LogP contribution in [0.3, 0.4) is 0 Å². The third-order valence-electron chi connectivity index (χ3n) is 6.06. The van der Waals surface area contributed by atoms with E-state index >= 15 is 0 Å². The number of amides is 1. The van der Waals surface area contributed by atoms with E-state index in [1.807, 2.05) is 31.2 Å². The molecule has 0 unspecified atom stereocenters. The van der Waals surface area contributed by atoms with Crippen molar-refractivity contribution in [2.24, 2.45) is 0 Å². The van der Waals surface area contributed by atoms with Gasteiger partial charge in [0, 0.05) is 27.0 Å². The molecule has 3 heterocycles. The number of thiophene rings is 1. The van der Waals surface area contributed by atoms with Crippen LogP contribution < -0.4 is 15.2 Å². The summed E-state index contributed by atoms with van der Waals surface area (Å²) in [6.07, 6.45) is 2.21. The lowest BCUT2D eigenvalue weighted by atomic mass is 10.0. The van der Waals surface area contributed by atoms with Crippen molar-refractivity contribution >= 4 is 54.9 Å². The normalized spacial score (nSPS) is 13.1. The first kappa shape index (κ1) is 23.4. The van der Waals surface area contributed by atoms with Crippen molar-refractivity contribution in [3.05, 3.63) is 74.1 Å². The number of aryl methyl sites for hydroxylation is 1. The Kier molecular flexibility index (Phi) is 6.29. The van der Waals surface area contributed by atoms with E-state index in [2.05, 4.69) is 27.8 Å². The molecular formula is C26H22BrN3O4S. The van der Waals surface area contributed by atoms with Crippen LogP contribution in [0.15, 0.2) is 58.1 Å². The SMILES string of the molecule is CCc1sc2ncn(CC(=O)c3ccc4c(c3)N(CC)C(=O)CO4)c(=O)c2c1-c1ccc(Br)cc1. The van der Waals surface area contributed by atoms with Crippen LogP contribution in [0.2, 0.25) is 0 Å². The number of aromatic nitrogens is 2. The van der Waals surface area contributed by atoms with Gasteiger partial charge in [-0.15, -0.1) is 11.3 Å². The second-order valence-corrected chi connectivity index (χ2v) is 10.2. The number of halogens is 1. The molecule has 2 aromatic carbocycles. The predicted molar refractivity (Wildman–Crippen MR) is 141 cm³/mol. The van der Waals surface area contributed by atoms with E-state index in [4.69, 9.17) is 4.74 Å². The van der Waals surface area contributed by atoms with Crippen molar-refractivity contribution in [2.45, 2.75) is 26.8 Å². The fourth-order valence-corrected chi connectivity index (χ4v) is 5.68. The smallest absolute Gasteiger partial charge is 0.265 e. The van der Waals surface area contributed by atoms with Crippen LogP contribution in [0, 0.1) is 0 Å². The molecule has 0 atom stereocenters. The van der Waals surface area contributed by atoms with Crippen LogP contribution >= 0.6 is 27.3 Å². The first-order valence-corrected chi connectivity index (χ1v) is 12.9. The molecular weight excluding hydrogens is 530 g/mol. The van der Waals surface area contributed by atoms with E-state index in [9.17, 15) is 14.4 Å². The molecule has 4 aromatic rings. The topological polar surface area (TPSA) is 81.5 Å². The Morgan fingerprint density at radius 3 is 2.63 bits per heavy atom. The molecule has 0 saturated carbocycles. The monoisotopic (exact) mass is 551 g/mol. The number of ketones is 1. The van der Waals surface area contributed by atoms with E-state index in [1.165, 1.54) is 22.2 Å². The van der Waals surface area contributed by atoms with E-state index in [0.717, 1.165) is 26.9 Å².